The van der Waals surface area contributed by atoms with Gasteiger partial charge in [-0.05, 0) is 24.6 Å². The summed E-state index contributed by atoms with van der Waals surface area (Å²) in [6.07, 6.45) is -4.88. The van der Waals surface area contributed by atoms with Gasteiger partial charge < -0.3 is 25.7 Å². The van der Waals surface area contributed by atoms with Crippen LogP contribution in [0.25, 0.3) is 0 Å². The number of carboxylic acid groups (broad SMARTS) is 1. The lowest BCUT2D eigenvalue weighted by Crippen LogP contribution is -2.41. The van der Waals surface area contributed by atoms with Gasteiger partial charge in [0.05, 0.1) is 18.8 Å². The van der Waals surface area contributed by atoms with Crippen molar-refractivity contribution in [1.82, 2.24) is 5.32 Å². The Hall–Kier alpha value is -1.77. The fraction of sp³-hybridized carbons (Fsp3) is 0.417. The van der Waals surface area contributed by atoms with Crippen molar-refractivity contribution < 1.29 is 34.0 Å². The van der Waals surface area contributed by atoms with Gasteiger partial charge in [0.25, 0.3) is 0 Å². The van der Waals surface area contributed by atoms with Crippen LogP contribution in [0.3, 0.4) is 0 Å². The van der Waals surface area contributed by atoms with Crippen molar-refractivity contribution in [3.8, 4) is 0 Å². The molecule has 0 bridgehead atoms. The first kappa shape index (κ1) is 16.3. The summed E-state index contributed by atoms with van der Waals surface area (Å²) >= 11 is 0. The second kappa shape index (κ2) is 7.13. The number of aliphatic hydroxyl groups excluding tert-OH is 3. The standard InChI is InChI=1S/C12H15F2NO5/c13-6-1-2-9(14)8(3-6)11(18)10(15-12(19)20)4-7(17)5-16/h1-3,7,10-11,15-18H,4-5H2,(H,19,20). The van der Waals surface area contributed by atoms with Gasteiger partial charge in [-0.1, -0.05) is 0 Å². The van der Waals surface area contributed by atoms with E-state index >= 15 is 0 Å². The summed E-state index contributed by atoms with van der Waals surface area (Å²) in [5, 5.41) is 38.5. The molecule has 1 amide bonds. The number of hydrogen-bond acceptors (Lipinski definition) is 4. The number of amides is 1. The highest BCUT2D eigenvalue weighted by molar-refractivity contribution is 5.65. The number of benzene rings is 1. The van der Waals surface area contributed by atoms with Gasteiger partial charge in [-0.25, -0.2) is 13.6 Å². The molecule has 3 atom stereocenters. The molecule has 1 aromatic rings. The minimum atomic E-state index is -1.71. The van der Waals surface area contributed by atoms with E-state index in [9.17, 15) is 23.8 Å². The molecule has 112 valence electrons. The number of nitrogens with one attached hydrogen (secondary N) is 1. The van der Waals surface area contributed by atoms with Crippen molar-refractivity contribution in [1.29, 1.82) is 0 Å². The molecule has 0 aromatic heterocycles. The van der Waals surface area contributed by atoms with Crippen LogP contribution in [-0.2, 0) is 0 Å². The summed E-state index contributed by atoms with van der Waals surface area (Å²) in [5.74, 6) is -1.70. The van der Waals surface area contributed by atoms with Gasteiger partial charge in [-0.15, -0.1) is 0 Å². The summed E-state index contributed by atoms with van der Waals surface area (Å²) in [6.45, 7) is -0.657. The maximum atomic E-state index is 13.5. The maximum Gasteiger partial charge on any atom is 0.404 e. The number of halogens is 2. The Morgan fingerprint density at radius 2 is 1.95 bits per heavy atom. The lowest BCUT2D eigenvalue weighted by molar-refractivity contribution is 0.0470. The van der Waals surface area contributed by atoms with E-state index in [0.29, 0.717) is 0 Å². The van der Waals surface area contributed by atoms with E-state index in [1.807, 2.05) is 5.32 Å². The molecule has 1 rings (SSSR count). The van der Waals surface area contributed by atoms with Crippen LogP contribution in [0.1, 0.15) is 18.1 Å². The van der Waals surface area contributed by atoms with Crippen molar-refractivity contribution >= 4 is 6.09 Å². The Balaban J connectivity index is 2.99. The largest absolute Gasteiger partial charge is 0.465 e. The molecule has 20 heavy (non-hydrogen) atoms. The van der Waals surface area contributed by atoms with Crippen molar-refractivity contribution in [3.05, 3.63) is 35.4 Å². The molecular formula is C12H15F2NO5. The molecule has 0 aliphatic rings. The third kappa shape index (κ3) is 4.41. The number of aliphatic hydroxyl groups is 3. The lowest BCUT2D eigenvalue weighted by atomic mass is 9.97. The normalized spacial score (nSPS) is 15.4. The van der Waals surface area contributed by atoms with Crippen molar-refractivity contribution in [3.63, 3.8) is 0 Å². The molecule has 3 unspecified atom stereocenters. The predicted molar refractivity (Wildman–Crippen MR) is 64.0 cm³/mol. The van der Waals surface area contributed by atoms with Crippen LogP contribution < -0.4 is 5.32 Å². The van der Waals surface area contributed by atoms with Crippen LogP contribution in [0.5, 0.6) is 0 Å². The lowest BCUT2D eigenvalue weighted by Gasteiger charge is -2.25. The molecule has 0 fully saturated rings. The van der Waals surface area contributed by atoms with Crippen LogP contribution in [0.15, 0.2) is 18.2 Å². The zero-order valence-corrected chi connectivity index (χ0v) is 10.3. The summed E-state index contributed by atoms with van der Waals surface area (Å²) in [4.78, 5) is 10.6. The van der Waals surface area contributed by atoms with Crippen LogP contribution >= 0.6 is 0 Å². The second-order valence-corrected chi connectivity index (χ2v) is 4.24. The van der Waals surface area contributed by atoms with Gasteiger partial charge >= 0.3 is 6.09 Å². The Labute approximate surface area is 113 Å². The van der Waals surface area contributed by atoms with Crippen molar-refractivity contribution in [2.75, 3.05) is 6.61 Å². The average molecular weight is 291 g/mol. The summed E-state index contributed by atoms with van der Waals surface area (Å²) in [5.41, 5.74) is -0.436. The summed E-state index contributed by atoms with van der Waals surface area (Å²) < 4.78 is 26.6. The first-order valence-electron chi connectivity index (χ1n) is 5.76. The van der Waals surface area contributed by atoms with Gasteiger partial charge in [0.1, 0.15) is 17.7 Å². The molecule has 0 aliphatic heterocycles. The zero-order chi connectivity index (χ0) is 15.3. The number of rotatable bonds is 6. The minimum absolute atomic E-state index is 0.361. The minimum Gasteiger partial charge on any atom is -0.465 e. The average Bonchev–Trinajstić information content (AvgIpc) is 2.39. The second-order valence-electron chi connectivity index (χ2n) is 4.24. The van der Waals surface area contributed by atoms with E-state index in [-0.39, 0.29) is 6.42 Å². The maximum absolute atomic E-state index is 13.5. The quantitative estimate of drug-likeness (QED) is 0.520. The van der Waals surface area contributed by atoms with Crippen LogP contribution in [0, 0.1) is 11.6 Å². The fourth-order valence-corrected chi connectivity index (χ4v) is 1.75. The molecule has 6 nitrogen and oxygen atoms in total. The van der Waals surface area contributed by atoms with E-state index in [2.05, 4.69) is 0 Å². The highest BCUT2D eigenvalue weighted by Gasteiger charge is 2.27. The van der Waals surface area contributed by atoms with Gasteiger partial charge in [-0.2, -0.15) is 0 Å². The summed E-state index contributed by atoms with van der Waals surface area (Å²) in [6, 6.07) is 1.09. The highest BCUT2D eigenvalue weighted by atomic mass is 19.1. The van der Waals surface area contributed by atoms with Crippen LogP contribution in [0.2, 0.25) is 0 Å². The van der Waals surface area contributed by atoms with E-state index in [1.54, 1.807) is 0 Å². The Bertz CT molecular complexity index is 471. The smallest absolute Gasteiger partial charge is 0.404 e. The monoisotopic (exact) mass is 291 g/mol. The Kier molecular flexibility index (Phi) is 5.81. The molecule has 0 radical (unpaired) electrons. The van der Waals surface area contributed by atoms with E-state index in [0.717, 1.165) is 18.2 Å². The SMILES string of the molecule is O=C(O)NC(CC(O)CO)C(O)c1cc(F)ccc1F. The molecule has 0 saturated carbocycles. The first-order valence-corrected chi connectivity index (χ1v) is 5.76. The van der Waals surface area contributed by atoms with Gasteiger partial charge in [-0.3, -0.25) is 0 Å². The van der Waals surface area contributed by atoms with E-state index < -0.39 is 48.1 Å². The predicted octanol–water partition coefficient (Wildman–Crippen LogP) is 0.378. The molecule has 5 N–H and O–H groups in total. The first-order chi connectivity index (χ1) is 9.35. The van der Waals surface area contributed by atoms with Crippen LogP contribution in [0.4, 0.5) is 13.6 Å². The third-order valence-electron chi connectivity index (χ3n) is 2.70. The molecule has 0 heterocycles. The van der Waals surface area contributed by atoms with Crippen molar-refractivity contribution in [2.24, 2.45) is 0 Å². The number of hydrogen-bond donors (Lipinski definition) is 5. The molecule has 8 heteroatoms. The van der Waals surface area contributed by atoms with Crippen LogP contribution in [-0.4, -0.2) is 45.3 Å². The van der Waals surface area contributed by atoms with Gasteiger partial charge in [0.15, 0.2) is 0 Å². The zero-order valence-electron chi connectivity index (χ0n) is 10.3. The van der Waals surface area contributed by atoms with E-state index in [1.165, 1.54) is 0 Å². The number of carbonyl (C=O) groups is 1. The van der Waals surface area contributed by atoms with Gasteiger partial charge in [0.2, 0.25) is 0 Å². The third-order valence-corrected chi connectivity index (χ3v) is 2.70. The molecule has 1 aromatic carbocycles. The summed E-state index contributed by atoms with van der Waals surface area (Å²) in [7, 11) is 0. The highest BCUT2D eigenvalue weighted by Crippen LogP contribution is 2.23. The molecule has 0 aliphatic carbocycles. The van der Waals surface area contributed by atoms with E-state index in [4.69, 9.17) is 10.2 Å². The topological polar surface area (TPSA) is 110 Å². The molecule has 0 saturated heterocycles. The Morgan fingerprint density at radius 3 is 2.50 bits per heavy atom. The fourth-order valence-electron chi connectivity index (χ4n) is 1.75. The van der Waals surface area contributed by atoms with Gasteiger partial charge in [0, 0.05) is 5.56 Å². The Morgan fingerprint density at radius 1 is 1.30 bits per heavy atom. The van der Waals surface area contributed by atoms with Crippen molar-refractivity contribution in [2.45, 2.75) is 24.7 Å². The molecular weight excluding hydrogens is 276 g/mol. The molecule has 0 spiro atoms.